The molecule has 0 aliphatic rings. The second-order valence-corrected chi connectivity index (χ2v) is 2.77. The number of aryl methyl sites for hydroxylation is 1. The number of halogens is 2. The van der Waals surface area contributed by atoms with Gasteiger partial charge in [-0.2, -0.15) is 0 Å². The lowest BCUT2D eigenvalue weighted by Gasteiger charge is -2.10. The highest BCUT2D eigenvalue weighted by atomic mass is 19.3. The van der Waals surface area contributed by atoms with Crippen molar-refractivity contribution in [3.05, 3.63) is 35.4 Å². The highest BCUT2D eigenvalue weighted by Crippen LogP contribution is 2.17. The standard InChI is InChI=1S/C9H11F2N/c1-6-2-4-7(5-3-6)8(12)9(10)11/h2-5,8-9H,12H2,1H3. The molecule has 12 heavy (non-hydrogen) atoms. The molecule has 1 atom stereocenters. The lowest BCUT2D eigenvalue weighted by atomic mass is 10.1. The molecular formula is C9H11F2N. The van der Waals surface area contributed by atoms with Gasteiger partial charge in [0.25, 0.3) is 6.43 Å². The molecule has 0 saturated carbocycles. The van der Waals surface area contributed by atoms with Crippen LogP contribution in [0.4, 0.5) is 8.78 Å². The van der Waals surface area contributed by atoms with E-state index in [1.165, 1.54) is 0 Å². The topological polar surface area (TPSA) is 26.0 Å². The first-order valence-corrected chi connectivity index (χ1v) is 3.71. The van der Waals surface area contributed by atoms with Gasteiger partial charge in [0.05, 0.1) is 6.04 Å². The van der Waals surface area contributed by atoms with Crippen molar-refractivity contribution in [3.63, 3.8) is 0 Å². The first kappa shape index (κ1) is 9.13. The fourth-order valence-corrected chi connectivity index (χ4v) is 0.934. The Morgan fingerprint density at radius 3 is 2.08 bits per heavy atom. The minimum Gasteiger partial charge on any atom is -0.319 e. The van der Waals surface area contributed by atoms with E-state index in [1.807, 2.05) is 6.92 Å². The zero-order valence-electron chi connectivity index (χ0n) is 6.80. The molecule has 3 heteroatoms. The number of alkyl halides is 2. The highest BCUT2D eigenvalue weighted by molar-refractivity contribution is 5.24. The van der Waals surface area contributed by atoms with E-state index in [1.54, 1.807) is 24.3 Å². The van der Waals surface area contributed by atoms with E-state index < -0.39 is 12.5 Å². The zero-order chi connectivity index (χ0) is 9.14. The predicted octanol–water partition coefficient (Wildman–Crippen LogP) is 2.26. The van der Waals surface area contributed by atoms with Crippen LogP contribution >= 0.6 is 0 Å². The van der Waals surface area contributed by atoms with E-state index in [0.717, 1.165) is 5.56 Å². The van der Waals surface area contributed by atoms with Gasteiger partial charge in [-0.3, -0.25) is 0 Å². The number of hydrogen-bond acceptors (Lipinski definition) is 1. The summed E-state index contributed by atoms with van der Waals surface area (Å²) in [5.41, 5.74) is 6.76. The molecule has 1 aromatic carbocycles. The smallest absolute Gasteiger partial charge is 0.257 e. The van der Waals surface area contributed by atoms with Crippen LogP contribution in [0, 0.1) is 6.92 Å². The third-order valence-corrected chi connectivity index (χ3v) is 1.73. The van der Waals surface area contributed by atoms with E-state index in [-0.39, 0.29) is 0 Å². The molecule has 0 amide bonds. The normalized spacial score (nSPS) is 13.4. The van der Waals surface area contributed by atoms with E-state index in [0.29, 0.717) is 5.56 Å². The maximum Gasteiger partial charge on any atom is 0.257 e. The largest absolute Gasteiger partial charge is 0.319 e. The molecule has 1 nitrogen and oxygen atoms in total. The predicted molar refractivity (Wildman–Crippen MR) is 44.1 cm³/mol. The summed E-state index contributed by atoms with van der Waals surface area (Å²) >= 11 is 0. The van der Waals surface area contributed by atoms with Crippen LogP contribution < -0.4 is 5.73 Å². The maximum absolute atomic E-state index is 12.1. The first-order valence-electron chi connectivity index (χ1n) is 3.71. The number of rotatable bonds is 2. The summed E-state index contributed by atoms with van der Waals surface area (Å²) in [4.78, 5) is 0. The summed E-state index contributed by atoms with van der Waals surface area (Å²) in [5.74, 6) is 0. The Kier molecular flexibility index (Phi) is 2.76. The quantitative estimate of drug-likeness (QED) is 0.725. The molecule has 1 aromatic rings. The Bertz CT molecular complexity index is 243. The molecule has 66 valence electrons. The summed E-state index contributed by atoms with van der Waals surface area (Å²) in [6.07, 6.45) is -2.49. The van der Waals surface area contributed by atoms with Crippen LogP contribution in [0.2, 0.25) is 0 Å². The van der Waals surface area contributed by atoms with Gasteiger partial charge < -0.3 is 5.73 Å². The van der Waals surface area contributed by atoms with Gasteiger partial charge >= 0.3 is 0 Å². The monoisotopic (exact) mass is 171 g/mol. The van der Waals surface area contributed by atoms with E-state index >= 15 is 0 Å². The van der Waals surface area contributed by atoms with Gasteiger partial charge in [-0.15, -0.1) is 0 Å². The van der Waals surface area contributed by atoms with Crippen molar-refractivity contribution in [1.29, 1.82) is 0 Å². The van der Waals surface area contributed by atoms with Crippen molar-refractivity contribution in [2.75, 3.05) is 0 Å². The van der Waals surface area contributed by atoms with Crippen LogP contribution in [-0.4, -0.2) is 6.43 Å². The summed E-state index contributed by atoms with van der Waals surface area (Å²) in [6, 6.07) is 5.65. The third kappa shape index (κ3) is 2.01. The van der Waals surface area contributed by atoms with Crippen LogP contribution in [-0.2, 0) is 0 Å². The molecule has 0 spiro atoms. The molecule has 0 heterocycles. The molecule has 2 N–H and O–H groups in total. The van der Waals surface area contributed by atoms with Crippen molar-refractivity contribution >= 4 is 0 Å². The summed E-state index contributed by atoms with van der Waals surface area (Å²) < 4.78 is 24.2. The molecule has 0 aliphatic carbocycles. The van der Waals surface area contributed by atoms with Gasteiger partial charge in [0.1, 0.15) is 0 Å². The number of benzene rings is 1. The Balaban J connectivity index is 2.82. The molecule has 0 aromatic heterocycles. The lowest BCUT2D eigenvalue weighted by Crippen LogP contribution is -2.18. The number of nitrogens with two attached hydrogens (primary N) is 1. The fourth-order valence-electron chi connectivity index (χ4n) is 0.934. The van der Waals surface area contributed by atoms with Gasteiger partial charge in [-0.1, -0.05) is 29.8 Å². The minimum absolute atomic E-state index is 0.482. The van der Waals surface area contributed by atoms with Gasteiger partial charge in [0.2, 0.25) is 0 Å². The SMILES string of the molecule is Cc1ccc(C(N)C(F)F)cc1. The van der Waals surface area contributed by atoms with Gasteiger partial charge in [0, 0.05) is 0 Å². The Morgan fingerprint density at radius 2 is 1.67 bits per heavy atom. The minimum atomic E-state index is -2.49. The van der Waals surface area contributed by atoms with Crippen molar-refractivity contribution in [2.45, 2.75) is 19.4 Å². The second kappa shape index (κ2) is 3.63. The Morgan fingerprint density at radius 1 is 1.17 bits per heavy atom. The Labute approximate surface area is 70.2 Å². The van der Waals surface area contributed by atoms with E-state index in [4.69, 9.17) is 5.73 Å². The van der Waals surface area contributed by atoms with Gasteiger partial charge in [-0.05, 0) is 12.5 Å². The fraction of sp³-hybridized carbons (Fsp3) is 0.333. The lowest BCUT2D eigenvalue weighted by molar-refractivity contribution is 0.116. The highest BCUT2D eigenvalue weighted by Gasteiger charge is 2.16. The van der Waals surface area contributed by atoms with Crippen molar-refractivity contribution in [2.24, 2.45) is 5.73 Å². The van der Waals surface area contributed by atoms with Crippen molar-refractivity contribution < 1.29 is 8.78 Å². The average Bonchev–Trinajstić information content (AvgIpc) is 2.04. The van der Waals surface area contributed by atoms with Gasteiger partial charge in [0.15, 0.2) is 0 Å². The van der Waals surface area contributed by atoms with Crippen LogP contribution in [0.15, 0.2) is 24.3 Å². The van der Waals surface area contributed by atoms with Crippen LogP contribution in [0.3, 0.4) is 0 Å². The molecule has 1 rings (SSSR count). The van der Waals surface area contributed by atoms with E-state index in [9.17, 15) is 8.78 Å². The van der Waals surface area contributed by atoms with Crippen molar-refractivity contribution in [3.8, 4) is 0 Å². The molecule has 0 fully saturated rings. The Hall–Kier alpha value is -0.960. The van der Waals surface area contributed by atoms with Gasteiger partial charge in [-0.25, -0.2) is 8.78 Å². The molecule has 1 unspecified atom stereocenters. The molecular weight excluding hydrogens is 160 g/mol. The summed E-state index contributed by atoms with van der Waals surface area (Å²) in [7, 11) is 0. The molecule has 0 bridgehead atoms. The van der Waals surface area contributed by atoms with Crippen LogP contribution in [0.25, 0.3) is 0 Å². The van der Waals surface area contributed by atoms with Crippen molar-refractivity contribution in [1.82, 2.24) is 0 Å². The third-order valence-electron chi connectivity index (χ3n) is 1.73. The average molecular weight is 171 g/mol. The molecule has 0 aliphatic heterocycles. The number of hydrogen-bond donors (Lipinski definition) is 1. The van der Waals surface area contributed by atoms with Crippen LogP contribution in [0.5, 0.6) is 0 Å². The summed E-state index contributed by atoms with van der Waals surface area (Å²) in [5, 5.41) is 0. The zero-order valence-corrected chi connectivity index (χ0v) is 6.80. The molecule has 0 saturated heterocycles. The maximum atomic E-state index is 12.1. The molecule has 0 radical (unpaired) electrons. The second-order valence-electron chi connectivity index (χ2n) is 2.77. The van der Waals surface area contributed by atoms with E-state index in [2.05, 4.69) is 0 Å². The first-order chi connectivity index (χ1) is 5.61. The summed E-state index contributed by atoms with van der Waals surface area (Å²) in [6.45, 7) is 1.90. The van der Waals surface area contributed by atoms with Crippen LogP contribution in [0.1, 0.15) is 17.2 Å².